The van der Waals surface area contributed by atoms with Gasteiger partial charge in [-0.3, -0.25) is 14.4 Å². The number of Topliss-reactive ketones (excluding diaryl/α,β-unsaturated/α-hetero) is 1. The van der Waals surface area contributed by atoms with Gasteiger partial charge in [0.05, 0.1) is 5.56 Å². The Hall–Kier alpha value is -4.14. The van der Waals surface area contributed by atoms with Crippen LogP contribution >= 0.6 is 0 Å². The number of carbonyl (C=O) groups is 3. The first-order valence-corrected chi connectivity index (χ1v) is 12.3. The zero-order valence-corrected chi connectivity index (χ0v) is 20.3. The second-order valence-corrected chi connectivity index (χ2v) is 9.73. The number of ether oxygens (including phenoxy) is 1. The van der Waals surface area contributed by atoms with E-state index in [2.05, 4.69) is 5.32 Å². The molecule has 38 heavy (non-hydrogen) atoms. The first-order chi connectivity index (χ1) is 18.1. The Morgan fingerprint density at radius 2 is 1.39 bits per heavy atom. The molecule has 3 aromatic carbocycles. The molecule has 1 saturated heterocycles. The number of amides is 2. The molecule has 1 unspecified atom stereocenters. The number of likely N-dealkylation sites (tertiary alicyclic amines) is 1. The Morgan fingerprint density at radius 3 is 1.97 bits per heavy atom. The lowest BCUT2D eigenvalue weighted by Crippen LogP contribution is -2.42. The number of halogens is 3. The van der Waals surface area contributed by atoms with E-state index in [0.29, 0.717) is 30.0 Å². The van der Waals surface area contributed by atoms with Crippen LogP contribution in [0.1, 0.15) is 45.5 Å². The van der Waals surface area contributed by atoms with E-state index in [4.69, 9.17) is 4.74 Å². The molecule has 1 aliphatic heterocycles. The van der Waals surface area contributed by atoms with E-state index in [1.54, 1.807) is 59.5 Å². The normalized spacial score (nSPS) is 18.1. The fraction of sp³-hybridized carbons (Fsp3) is 0.276. The number of nitrogens with one attached hydrogen (secondary N) is 1. The van der Waals surface area contributed by atoms with Crippen molar-refractivity contribution in [3.05, 3.63) is 95.6 Å². The average molecular weight is 523 g/mol. The van der Waals surface area contributed by atoms with Crippen molar-refractivity contribution < 1.29 is 32.3 Å². The molecule has 1 saturated carbocycles. The number of hydrogen-bond acceptors (Lipinski definition) is 4. The summed E-state index contributed by atoms with van der Waals surface area (Å²) in [5.74, 6) is -0.613. The van der Waals surface area contributed by atoms with Gasteiger partial charge >= 0.3 is 6.18 Å². The third kappa shape index (κ3) is 5.41. The molecular weight excluding hydrogens is 497 g/mol. The summed E-state index contributed by atoms with van der Waals surface area (Å²) in [6.07, 6.45) is -2.15. The van der Waals surface area contributed by atoms with Crippen LogP contribution in [0.3, 0.4) is 0 Å². The topological polar surface area (TPSA) is 75.7 Å². The smallest absolute Gasteiger partial charge is 0.416 e. The predicted octanol–water partition coefficient (Wildman–Crippen LogP) is 5.49. The zero-order chi connectivity index (χ0) is 26.9. The summed E-state index contributed by atoms with van der Waals surface area (Å²) in [6, 6.07) is 19.2. The van der Waals surface area contributed by atoms with E-state index < -0.39 is 23.4 Å². The van der Waals surface area contributed by atoms with Gasteiger partial charge < -0.3 is 15.0 Å². The summed E-state index contributed by atoms with van der Waals surface area (Å²) >= 11 is 0. The molecule has 0 radical (unpaired) electrons. The van der Waals surface area contributed by atoms with Gasteiger partial charge in [0, 0.05) is 30.3 Å². The Kier molecular flexibility index (Phi) is 6.69. The molecule has 1 atom stereocenters. The number of nitrogens with zero attached hydrogens (tertiary/aromatic N) is 1. The van der Waals surface area contributed by atoms with Gasteiger partial charge in [0.25, 0.3) is 11.8 Å². The molecule has 0 bridgehead atoms. The van der Waals surface area contributed by atoms with Crippen LogP contribution in [0.15, 0.2) is 78.9 Å². The Labute approximate surface area is 217 Å². The van der Waals surface area contributed by atoms with Crippen molar-refractivity contribution in [2.45, 2.75) is 31.5 Å². The molecule has 9 heteroatoms. The zero-order valence-electron chi connectivity index (χ0n) is 20.3. The monoisotopic (exact) mass is 522 g/mol. The van der Waals surface area contributed by atoms with Crippen LogP contribution in [-0.2, 0) is 11.0 Å². The number of hydrogen-bond donors (Lipinski definition) is 1. The number of benzene rings is 3. The molecule has 0 aromatic heterocycles. The minimum atomic E-state index is -4.41. The maximum Gasteiger partial charge on any atom is 0.416 e. The summed E-state index contributed by atoms with van der Waals surface area (Å²) in [5, 5.41) is 2.86. The molecule has 2 amide bonds. The van der Waals surface area contributed by atoms with Gasteiger partial charge in [0.2, 0.25) is 5.78 Å². The van der Waals surface area contributed by atoms with E-state index in [0.717, 1.165) is 31.4 Å². The first kappa shape index (κ1) is 25.5. The van der Waals surface area contributed by atoms with E-state index in [-0.39, 0.29) is 23.1 Å². The highest BCUT2D eigenvalue weighted by Crippen LogP contribution is 2.54. The lowest BCUT2D eigenvalue weighted by molar-refractivity contribution is -0.137. The third-order valence-corrected chi connectivity index (χ3v) is 7.30. The van der Waals surface area contributed by atoms with E-state index >= 15 is 0 Å². The van der Waals surface area contributed by atoms with Gasteiger partial charge in [0.1, 0.15) is 11.5 Å². The first-order valence-electron chi connectivity index (χ1n) is 12.3. The van der Waals surface area contributed by atoms with Crippen LogP contribution < -0.4 is 10.1 Å². The number of ketones is 1. The lowest BCUT2D eigenvalue weighted by atomic mass is 9.92. The maximum atomic E-state index is 13.0. The van der Waals surface area contributed by atoms with Crippen LogP contribution in [-0.4, -0.2) is 41.6 Å². The van der Waals surface area contributed by atoms with Crippen molar-refractivity contribution in [3.63, 3.8) is 0 Å². The molecule has 1 heterocycles. The Morgan fingerprint density at radius 1 is 0.816 bits per heavy atom. The van der Waals surface area contributed by atoms with E-state index in [1.807, 2.05) is 0 Å². The van der Waals surface area contributed by atoms with Gasteiger partial charge in [-0.15, -0.1) is 0 Å². The van der Waals surface area contributed by atoms with Crippen LogP contribution in [0.5, 0.6) is 11.5 Å². The quantitative estimate of drug-likeness (QED) is 0.343. The number of alkyl halides is 3. The fourth-order valence-corrected chi connectivity index (χ4v) is 4.90. The maximum absolute atomic E-state index is 13.0. The van der Waals surface area contributed by atoms with Crippen molar-refractivity contribution in [2.24, 2.45) is 5.41 Å². The van der Waals surface area contributed by atoms with Crippen molar-refractivity contribution in [3.8, 4) is 11.5 Å². The summed E-state index contributed by atoms with van der Waals surface area (Å²) in [7, 11) is 0. The van der Waals surface area contributed by atoms with E-state index in [1.165, 1.54) is 12.1 Å². The Balaban J connectivity index is 1.11. The average Bonchev–Trinajstić information content (AvgIpc) is 3.59. The summed E-state index contributed by atoms with van der Waals surface area (Å²) in [4.78, 5) is 39.5. The fourth-order valence-electron chi connectivity index (χ4n) is 4.90. The van der Waals surface area contributed by atoms with Crippen molar-refractivity contribution in [2.75, 3.05) is 13.1 Å². The third-order valence-electron chi connectivity index (χ3n) is 7.30. The van der Waals surface area contributed by atoms with Crippen LogP contribution in [0.2, 0.25) is 0 Å². The summed E-state index contributed by atoms with van der Waals surface area (Å²) in [6.45, 7) is 1.09. The second kappa shape index (κ2) is 9.96. The number of carbonyl (C=O) groups excluding carboxylic acids is 3. The largest absolute Gasteiger partial charge is 0.457 e. The molecule has 2 fully saturated rings. The SMILES string of the molecule is O=C(NC1CC12CCN(C(=O)c1ccc(Oc3ccc(C(F)(F)F)cc3)cc1)CC2)C(=O)c1ccccc1. The van der Waals surface area contributed by atoms with Crippen LogP contribution in [0.25, 0.3) is 0 Å². The van der Waals surface area contributed by atoms with E-state index in [9.17, 15) is 27.6 Å². The second-order valence-electron chi connectivity index (χ2n) is 9.73. The molecular formula is C29H25F3N2O4. The molecule has 196 valence electrons. The highest BCUT2D eigenvalue weighted by Gasteiger charge is 2.56. The van der Waals surface area contributed by atoms with Gasteiger partial charge in [0.15, 0.2) is 0 Å². The number of rotatable bonds is 6. The van der Waals surface area contributed by atoms with Gasteiger partial charge in [-0.1, -0.05) is 30.3 Å². The summed E-state index contributed by atoms with van der Waals surface area (Å²) in [5.41, 5.74) is 0.00312. The van der Waals surface area contributed by atoms with Gasteiger partial charge in [-0.05, 0) is 73.2 Å². The number of piperidine rings is 1. The van der Waals surface area contributed by atoms with Gasteiger partial charge in [-0.25, -0.2) is 0 Å². The van der Waals surface area contributed by atoms with Crippen molar-refractivity contribution >= 4 is 17.6 Å². The molecule has 5 rings (SSSR count). The highest BCUT2D eigenvalue weighted by atomic mass is 19.4. The minimum absolute atomic E-state index is 0.0680. The molecule has 6 nitrogen and oxygen atoms in total. The predicted molar refractivity (Wildman–Crippen MR) is 133 cm³/mol. The van der Waals surface area contributed by atoms with Crippen LogP contribution in [0.4, 0.5) is 13.2 Å². The van der Waals surface area contributed by atoms with Crippen LogP contribution in [0, 0.1) is 5.41 Å². The highest BCUT2D eigenvalue weighted by molar-refractivity contribution is 6.42. The van der Waals surface area contributed by atoms with Crippen molar-refractivity contribution in [1.29, 1.82) is 0 Å². The van der Waals surface area contributed by atoms with Crippen molar-refractivity contribution in [1.82, 2.24) is 10.2 Å². The molecule has 1 spiro atoms. The minimum Gasteiger partial charge on any atom is -0.457 e. The molecule has 2 aliphatic rings. The summed E-state index contributed by atoms with van der Waals surface area (Å²) < 4.78 is 43.8. The standard InChI is InChI=1S/C29H25F3N2O4/c30-29(31,32)21-8-12-23(13-9-21)38-22-10-6-20(7-11-22)27(37)34-16-14-28(15-17-34)18-24(28)33-26(36)25(35)19-4-2-1-3-5-19/h1-13,24H,14-18H2,(H,33,36). The molecule has 1 aliphatic carbocycles. The lowest BCUT2D eigenvalue weighted by Gasteiger charge is -2.33. The molecule has 3 aromatic rings. The van der Waals surface area contributed by atoms with Gasteiger partial charge in [-0.2, -0.15) is 13.2 Å². The Bertz CT molecular complexity index is 1330. The molecule has 1 N–H and O–H groups in total.